The summed E-state index contributed by atoms with van der Waals surface area (Å²) in [6, 6.07) is 4.39. The predicted molar refractivity (Wildman–Crippen MR) is 81.1 cm³/mol. The van der Waals surface area contributed by atoms with Gasteiger partial charge in [-0.15, -0.1) is 0 Å². The molecule has 1 amide bonds. The van der Waals surface area contributed by atoms with E-state index in [9.17, 15) is 9.18 Å². The Balaban J connectivity index is 1.94. The largest absolute Gasteiger partial charge is 0.349 e. The number of benzene rings is 1. The van der Waals surface area contributed by atoms with E-state index in [1.165, 1.54) is 18.2 Å². The third kappa shape index (κ3) is 3.96. The van der Waals surface area contributed by atoms with E-state index in [0.29, 0.717) is 10.0 Å². The van der Waals surface area contributed by atoms with Gasteiger partial charge >= 0.3 is 0 Å². The fourth-order valence-electron chi connectivity index (χ4n) is 2.38. The lowest BCUT2D eigenvalue weighted by Gasteiger charge is -2.28. The SMILES string of the molecule is CSC1CCC(NC(=O)c2ccc(F)cc2Br)CC1. The Bertz CT molecular complexity index is 461. The van der Waals surface area contributed by atoms with Gasteiger partial charge in [-0.05, 0) is 66.1 Å². The number of carbonyl (C=O) groups is 1. The molecule has 19 heavy (non-hydrogen) atoms. The highest BCUT2D eigenvalue weighted by Crippen LogP contribution is 2.27. The highest BCUT2D eigenvalue weighted by atomic mass is 79.9. The molecule has 2 nitrogen and oxygen atoms in total. The Morgan fingerprint density at radius 1 is 1.37 bits per heavy atom. The van der Waals surface area contributed by atoms with Crippen LogP contribution in [0.3, 0.4) is 0 Å². The van der Waals surface area contributed by atoms with Gasteiger partial charge in [0.15, 0.2) is 0 Å². The van der Waals surface area contributed by atoms with Crippen molar-refractivity contribution in [2.24, 2.45) is 0 Å². The number of nitrogens with one attached hydrogen (secondary N) is 1. The van der Waals surface area contributed by atoms with Crippen molar-refractivity contribution in [1.82, 2.24) is 5.32 Å². The van der Waals surface area contributed by atoms with Crippen molar-refractivity contribution in [3.05, 3.63) is 34.1 Å². The highest BCUT2D eigenvalue weighted by molar-refractivity contribution is 9.10. The molecule has 0 heterocycles. The topological polar surface area (TPSA) is 29.1 Å². The zero-order valence-electron chi connectivity index (χ0n) is 10.8. The van der Waals surface area contributed by atoms with Crippen LogP contribution in [-0.2, 0) is 0 Å². The molecular weight excluding hydrogens is 329 g/mol. The van der Waals surface area contributed by atoms with Gasteiger partial charge in [-0.2, -0.15) is 11.8 Å². The lowest BCUT2D eigenvalue weighted by molar-refractivity contribution is 0.0927. The third-order valence-corrected chi connectivity index (χ3v) is 5.31. The lowest BCUT2D eigenvalue weighted by Crippen LogP contribution is -2.38. The number of hydrogen-bond donors (Lipinski definition) is 1. The molecule has 0 atom stereocenters. The van der Waals surface area contributed by atoms with Gasteiger partial charge in [0.1, 0.15) is 5.82 Å². The third-order valence-electron chi connectivity index (χ3n) is 3.52. The number of rotatable bonds is 3. The van der Waals surface area contributed by atoms with Crippen LogP contribution in [0.2, 0.25) is 0 Å². The molecule has 1 aliphatic carbocycles. The molecule has 1 N–H and O–H groups in total. The number of thioether (sulfide) groups is 1. The first-order valence-electron chi connectivity index (χ1n) is 6.39. The maximum absolute atomic E-state index is 13.0. The highest BCUT2D eigenvalue weighted by Gasteiger charge is 2.22. The van der Waals surface area contributed by atoms with E-state index >= 15 is 0 Å². The van der Waals surface area contributed by atoms with Gasteiger partial charge in [0.05, 0.1) is 5.56 Å². The van der Waals surface area contributed by atoms with E-state index in [4.69, 9.17) is 0 Å². The quantitative estimate of drug-likeness (QED) is 0.897. The van der Waals surface area contributed by atoms with E-state index in [-0.39, 0.29) is 17.8 Å². The minimum Gasteiger partial charge on any atom is -0.349 e. The summed E-state index contributed by atoms with van der Waals surface area (Å²) in [4.78, 5) is 12.1. The van der Waals surface area contributed by atoms with Crippen LogP contribution in [0.1, 0.15) is 36.0 Å². The van der Waals surface area contributed by atoms with Crippen LogP contribution in [0, 0.1) is 5.82 Å². The standard InChI is InChI=1S/C14H17BrFNOS/c1-19-11-5-3-10(4-6-11)17-14(18)12-7-2-9(16)8-13(12)15/h2,7-8,10-11H,3-6H2,1H3,(H,17,18). The lowest BCUT2D eigenvalue weighted by atomic mass is 9.94. The summed E-state index contributed by atoms with van der Waals surface area (Å²) < 4.78 is 13.5. The normalized spacial score (nSPS) is 23.1. The Labute approximate surface area is 125 Å². The summed E-state index contributed by atoms with van der Waals surface area (Å²) in [6.45, 7) is 0. The molecule has 1 aliphatic rings. The van der Waals surface area contributed by atoms with Crippen molar-refractivity contribution in [1.29, 1.82) is 0 Å². The number of carbonyl (C=O) groups excluding carboxylic acids is 1. The van der Waals surface area contributed by atoms with Crippen molar-refractivity contribution < 1.29 is 9.18 Å². The zero-order valence-corrected chi connectivity index (χ0v) is 13.2. The summed E-state index contributed by atoms with van der Waals surface area (Å²) >= 11 is 5.13. The van der Waals surface area contributed by atoms with Gasteiger partial charge in [0.25, 0.3) is 5.91 Å². The molecule has 104 valence electrons. The molecule has 2 rings (SSSR count). The minimum atomic E-state index is -0.344. The van der Waals surface area contributed by atoms with Gasteiger partial charge < -0.3 is 5.32 Å². The van der Waals surface area contributed by atoms with Gasteiger partial charge in [-0.1, -0.05) is 0 Å². The fraction of sp³-hybridized carbons (Fsp3) is 0.500. The smallest absolute Gasteiger partial charge is 0.252 e. The predicted octanol–water partition coefficient (Wildman–Crippen LogP) is 3.99. The van der Waals surface area contributed by atoms with Crippen LogP contribution in [0.4, 0.5) is 4.39 Å². The van der Waals surface area contributed by atoms with E-state index < -0.39 is 0 Å². The molecule has 0 saturated heterocycles. The summed E-state index contributed by atoms with van der Waals surface area (Å²) in [7, 11) is 0. The number of amides is 1. The first-order valence-corrected chi connectivity index (χ1v) is 8.47. The van der Waals surface area contributed by atoms with Gasteiger partial charge in [-0.3, -0.25) is 4.79 Å². The fourth-order valence-corrected chi connectivity index (χ4v) is 3.65. The molecule has 1 fully saturated rings. The maximum Gasteiger partial charge on any atom is 0.252 e. The molecule has 5 heteroatoms. The summed E-state index contributed by atoms with van der Waals surface area (Å²) in [5.41, 5.74) is 0.494. The number of hydrogen-bond acceptors (Lipinski definition) is 2. The molecule has 0 spiro atoms. The molecule has 0 aromatic heterocycles. The van der Waals surface area contributed by atoms with Crippen molar-refractivity contribution >= 4 is 33.6 Å². The van der Waals surface area contributed by atoms with Crippen LogP contribution in [0.15, 0.2) is 22.7 Å². The maximum atomic E-state index is 13.0. The van der Waals surface area contributed by atoms with Crippen molar-refractivity contribution in [3.8, 4) is 0 Å². The minimum absolute atomic E-state index is 0.125. The molecule has 0 radical (unpaired) electrons. The summed E-state index contributed by atoms with van der Waals surface area (Å²) in [5.74, 6) is -0.469. The van der Waals surface area contributed by atoms with Crippen molar-refractivity contribution in [2.75, 3.05) is 6.26 Å². The summed E-state index contributed by atoms with van der Waals surface area (Å²) in [6.07, 6.45) is 6.48. The molecule has 0 unspecified atom stereocenters. The zero-order chi connectivity index (χ0) is 13.8. The van der Waals surface area contributed by atoms with Crippen LogP contribution in [0.25, 0.3) is 0 Å². The second-order valence-electron chi connectivity index (χ2n) is 4.81. The Kier molecular flexibility index (Phi) is 5.28. The van der Waals surface area contributed by atoms with E-state index in [1.54, 1.807) is 0 Å². The van der Waals surface area contributed by atoms with E-state index in [0.717, 1.165) is 30.9 Å². The molecule has 1 saturated carbocycles. The Morgan fingerprint density at radius 3 is 2.63 bits per heavy atom. The van der Waals surface area contributed by atoms with Crippen LogP contribution in [0.5, 0.6) is 0 Å². The molecule has 1 aromatic rings. The molecule has 1 aromatic carbocycles. The molecule has 0 bridgehead atoms. The first-order chi connectivity index (χ1) is 9.10. The Morgan fingerprint density at radius 2 is 2.05 bits per heavy atom. The average molecular weight is 346 g/mol. The monoisotopic (exact) mass is 345 g/mol. The molecule has 0 aliphatic heterocycles. The molecular formula is C14H17BrFNOS. The second-order valence-corrected chi connectivity index (χ2v) is 6.80. The van der Waals surface area contributed by atoms with Gasteiger partial charge in [0, 0.05) is 15.8 Å². The second kappa shape index (κ2) is 6.75. The van der Waals surface area contributed by atoms with Gasteiger partial charge in [0.2, 0.25) is 0 Å². The van der Waals surface area contributed by atoms with E-state index in [1.807, 2.05) is 11.8 Å². The summed E-state index contributed by atoms with van der Waals surface area (Å²) in [5, 5.41) is 3.77. The first kappa shape index (κ1) is 14.9. The van der Waals surface area contributed by atoms with Crippen LogP contribution in [-0.4, -0.2) is 23.5 Å². The van der Waals surface area contributed by atoms with Crippen LogP contribution >= 0.6 is 27.7 Å². The van der Waals surface area contributed by atoms with Crippen molar-refractivity contribution in [2.45, 2.75) is 37.0 Å². The van der Waals surface area contributed by atoms with E-state index in [2.05, 4.69) is 27.5 Å². The average Bonchev–Trinajstić information content (AvgIpc) is 2.39. The van der Waals surface area contributed by atoms with Gasteiger partial charge in [-0.25, -0.2) is 4.39 Å². The van der Waals surface area contributed by atoms with Crippen molar-refractivity contribution in [3.63, 3.8) is 0 Å². The number of halogens is 2. The van der Waals surface area contributed by atoms with Crippen LogP contribution < -0.4 is 5.32 Å². The Hall–Kier alpha value is -0.550.